The quantitative estimate of drug-likeness (QED) is 0.573. The number of amides is 1. The van der Waals surface area contributed by atoms with Gasteiger partial charge in [-0.2, -0.15) is 0 Å². The fraction of sp³-hybridized carbons (Fsp3) is 0.552. The van der Waals surface area contributed by atoms with Gasteiger partial charge in [0, 0.05) is 37.5 Å². The summed E-state index contributed by atoms with van der Waals surface area (Å²) < 4.78 is 16.8. The molecule has 0 aromatic heterocycles. The van der Waals surface area contributed by atoms with Crippen LogP contribution in [0.4, 0.5) is 0 Å². The summed E-state index contributed by atoms with van der Waals surface area (Å²) in [5, 5.41) is 6.91. The van der Waals surface area contributed by atoms with Crippen LogP contribution in [-0.2, 0) is 28.7 Å². The summed E-state index contributed by atoms with van der Waals surface area (Å²) in [6, 6.07) is 15.1. The van der Waals surface area contributed by atoms with Crippen LogP contribution in [-0.4, -0.2) is 57.1 Å². The van der Waals surface area contributed by atoms with Crippen LogP contribution in [0.25, 0.3) is 0 Å². The highest BCUT2D eigenvalue weighted by atomic mass is 16.5. The molecule has 0 radical (unpaired) electrons. The molecule has 2 fully saturated rings. The number of aryl methyl sites for hydroxylation is 1. The van der Waals surface area contributed by atoms with E-state index in [2.05, 4.69) is 28.8 Å². The molecule has 2 aromatic carbocycles. The summed E-state index contributed by atoms with van der Waals surface area (Å²) in [4.78, 5) is 12.8. The van der Waals surface area contributed by atoms with Crippen molar-refractivity contribution in [3.63, 3.8) is 0 Å². The second kappa shape index (κ2) is 12.0. The van der Waals surface area contributed by atoms with E-state index in [4.69, 9.17) is 14.2 Å². The normalized spacial score (nSPS) is 22.5. The van der Waals surface area contributed by atoms with Gasteiger partial charge < -0.3 is 24.8 Å². The van der Waals surface area contributed by atoms with Gasteiger partial charge in [-0.25, -0.2) is 0 Å². The predicted molar refractivity (Wildman–Crippen MR) is 136 cm³/mol. The minimum Gasteiger partial charge on any atom is -0.491 e. The zero-order valence-electron chi connectivity index (χ0n) is 20.6. The molecule has 1 amide bonds. The average molecular weight is 479 g/mol. The predicted octanol–water partition coefficient (Wildman–Crippen LogP) is 3.84. The van der Waals surface area contributed by atoms with E-state index in [0.29, 0.717) is 18.2 Å². The van der Waals surface area contributed by atoms with Gasteiger partial charge in [0.05, 0.1) is 6.10 Å². The minimum atomic E-state index is -0.0140. The SMILES string of the molecule is O=C(N[C@H]1CCc2cc(CCNC3CCOCC3)ccc2C1)c1ccc(OC[C@@H]2CCCO2)cc1. The molecule has 3 aliphatic rings. The van der Waals surface area contributed by atoms with Crippen molar-refractivity contribution in [2.75, 3.05) is 33.0 Å². The molecule has 2 heterocycles. The van der Waals surface area contributed by atoms with E-state index < -0.39 is 0 Å². The molecule has 1 aliphatic carbocycles. The van der Waals surface area contributed by atoms with Gasteiger partial charge in [-0.05, 0) is 98.9 Å². The van der Waals surface area contributed by atoms with Crippen molar-refractivity contribution in [1.29, 1.82) is 0 Å². The van der Waals surface area contributed by atoms with Gasteiger partial charge >= 0.3 is 0 Å². The van der Waals surface area contributed by atoms with Gasteiger partial charge in [0.15, 0.2) is 0 Å². The molecule has 6 nitrogen and oxygen atoms in total. The fourth-order valence-electron chi connectivity index (χ4n) is 5.35. The third-order valence-corrected chi connectivity index (χ3v) is 7.48. The number of rotatable bonds is 9. The van der Waals surface area contributed by atoms with E-state index >= 15 is 0 Å². The Balaban J connectivity index is 1.07. The Kier molecular flexibility index (Phi) is 8.34. The van der Waals surface area contributed by atoms with E-state index in [1.165, 1.54) is 16.7 Å². The van der Waals surface area contributed by atoms with Gasteiger partial charge in [0.1, 0.15) is 12.4 Å². The summed E-state index contributed by atoms with van der Waals surface area (Å²) in [6.45, 7) is 4.17. The molecule has 5 rings (SSSR count). The summed E-state index contributed by atoms with van der Waals surface area (Å²) in [7, 11) is 0. The molecular weight excluding hydrogens is 440 g/mol. The number of ether oxygens (including phenoxy) is 3. The van der Waals surface area contributed by atoms with Gasteiger partial charge in [0.25, 0.3) is 5.91 Å². The van der Waals surface area contributed by atoms with E-state index in [-0.39, 0.29) is 18.1 Å². The van der Waals surface area contributed by atoms with E-state index in [1.807, 2.05) is 24.3 Å². The molecule has 2 saturated heterocycles. The molecule has 2 N–H and O–H groups in total. The van der Waals surface area contributed by atoms with Crippen molar-refractivity contribution < 1.29 is 19.0 Å². The van der Waals surface area contributed by atoms with E-state index in [9.17, 15) is 4.79 Å². The van der Waals surface area contributed by atoms with Crippen molar-refractivity contribution in [1.82, 2.24) is 10.6 Å². The topological polar surface area (TPSA) is 68.8 Å². The molecule has 188 valence electrons. The third kappa shape index (κ3) is 6.84. The lowest BCUT2D eigenvalue weighted by atomic mass is 9.86. The standard InChI is InChI=1S/C29H38N2O4/c32-29(22-6-9-27(10-7-22)35-20-28-2-1-15-34-28)31-26-8-5-23-18-21(3-4-24(23)19-26)11-14-30-25-12-16-33-17-13-25/h3-4,6-7,9-10,18,25-26,28,30H,1-2,5,8,11-17,19-20H2,(H,31,32)/t26-,28-/m0/s1. The maximum atomic E-state index is 12.8. The number of benzene rings is 2. The van der Waals surface area contributed by atoms with Crippen LogP contribution in [0.2, 0.25) is 0 Å². The summed E-state index contributed by atoms with van der Waals surface area (Å²) in [5.41, 5.74) is 4.87. The highest BCUT2D eigenvalue weighted by Crippen LogP contribution is 2.24. The van der Waals surface area contributed by atoms with Crippen molar-refractivity contribution in [2.45, 2.75) is 69.6 Å². The largest absolute Gasteiger partial charge is 0.491 e. The number of carbonyl (C=O) groups is 1. The van der Waals surface area contributed by atoms with Crippen LogP contribution in [0.5, 0.6) is 5.75 Å². The fourth-order valence-corrected chi connectivity index (χ4v) is 5.35. The highest BCUT2D eigenvalue weighted by Gasteiger charge is 2.21. The molecule has 0 unspecified atom stereocenters. The summed E-state index contributed by atoms with van der Waals surface area (Å²) in [5.74, 6) is 0.766. The summed E-state index contributed by atoms with van der Waals surface area (Å²) in [6.07, 6.45) is 8.52. The van der Waals surface area contributed by atoms with Crippen LogP contribution in [0, 0.1) is 0 Å². The van der Waals surface area contributed by atoms with E-state index in [1.54, 1.807) is 0 Å². The zero-order chi connectivity index (χ0) is 23.9. The second-order valence-electron chi connectivity index (χ2n) is 10.1. The molecule has 6 heteroatoms. The molecule has 2 aliphatic heterocycles. The Morgan fingerprint density at radius 2 is 1.80 bits per heavy atom. The molecule has 2 atom stereocenters. The Morgan fingerprint density at radius 1 is 0.943 bits per heavy atom. The number of nitrogens with one attached hydrogen (secondary N) is 2. The van der Waals surface area contributed by atoms with Gasteiger partial charge in [0.2, 0.25) is 0 Å². The average Bonchev–Trinajstić information content (AvgIpc) is 3.42. The summed E-state index contributed by atoms with van der Waals surface area (Å²) >= 11 is 0. The lowest BCUT2D eigenvalue weighted by molar-refractivity contribution is 0.0679. The number of hydrogen-bond donors (Lipinski definition) is 2. The van der Waals surface area contributed by atoms with Crippen LogP contribution in [0.3, 0.4) is 0 Å². The molecule has 0 bridgehead atoms. The van der Waals surface area contributed by atoms with Crippen molar-refractivity contribution in [3.05, 3.63) is 64.7 Å². The van der Waals surface area contributed by atoms with Crippen LogP contribution < -0.4 is 15.4 Å². The molecular formula is C29H38N2O4. The zero-order valence-corrected chi connectivity index (χ0v) is 20.6. The highest BCUT2D eigenvalue weighted by molar-refractivity contribution is 5.94. The Bertz CT molecular complexity index is 965. The monoisotopic (exact) mass is 478 g/mol. The molecule has 0 spiro atoms. The third-order valence-electron chi connectivity index (χ3n) is 7.48. The van der Waals surface area contributed by atoms with Crippen LogP contribution >= 0.6 is 0 Å². The lowest BCUT2D eigenvalue weighted by Crippen LogP contribution is -2.38. The van der Waals surface area contributed by atoms with E-state index in [0.717, 1.165) is 83.5 Å². The minimum absolute atomic E-state index is 0.0140. The maximum Gasteiger partial charge on any atom is 0.251 e. The Labute approximate surface area is 208 Å². The van der Waals surface area contributed by atoms with Crippen molar-refractivity contribution >= 4 is 5.91 Å². The first-order valence-electron chi connectivity index (χ1n) is 13.3. The number of fused-ring (bicyclic) bond motifs is 1. The smallest absolute Gasteiger partial charge is 0.251 e. The molecule has 35 heavy (non-hydrogen) atoms. The second-order valence-corrected chi connectivity index (χ2v) is 10.1. The number of hydrogen-bond acceptors (Lipinski definition) is 5. The number of carbonyl (C=O) groups excluding carboxylic acids is 1. The molecule has 0 saturated carbocycles. The van der Waals surface area contributed by atoms with Crippen LogP contribution in [0.15, 0.2) is 42.5 Å². The van der Waals surface area contributed by atoms with Gasteiger partial charge in [-0.3, -0.25) is 4.79 Å². The van der Waals surface area contributed by atoms with Crippen molar-refractivity contribution in [2.24, 2.45) is 0 Å². The molecule has 2 aromatic rings. The lowest BCUT2D eigenvalue weighted by Gasteiger charge is -2.26. The van der Waals surface area contributed by atoms with Crippen molar-refractivity contribution in [3.8, 4) is 5.75 Å². The van der Waals surface area contributed by atoms with Gasteiger partial charge in [-0.1, -0.05) is 18.2 Å². The first-order valence-corrected chi connectivity index (χ1v) is 13.3. The van der Waals surface area contributed by atoms with Gasteiger partial charge in [-0.15, -0.1) is 0 Å². The van der Waals surface area contributed by atoms with Crippen LogP contribution in [0.1, 0.15) is 59.2 Å². The maximum absolute atomic E-state index is 12.8. The Morgan fingerprint density at radius 3 is 2.60 bits per heavy atom. The first kappa shape index (κ1) is 24.3. The first-order chi connectivity index (χ1) is 17.2. The Hall–Kier alpha value is -2.41.